The molecule has 112 valence electrons. The van der Waals surface area contributed by atoms with E-state index in [1.54, 1.807) is 12.1 Å². The molecule has 0 bridgehead atoms. The van der Waals surface area contributed by atoms with Gasteiger partial charge in [0.15, 0.2) is 0 Å². The molecular weight excluding hydrogens is 269 g/mol. The van der Waals surface area contributed by atoms with Gasteiger partial charge >= 0.3 is 0 Å². The summed E-state index contributed by atoms with van der Waals surface area (Å²) in [7, 11) is 0. The van der Waals surface area contributed by atoms with Crippen molar-refractivity contribution >= 4 is 5.91 Å². The third-order valence-electron chi connectivity index (χ3n) is 3.54. The predicted molar refractivity (Wildman–Crippen MR) is 78.9 cm³/mol. The second-order valence-corrected chi connectivity index (χ2v) is 5.22. The highest BCUT2D eigenvalue weighted by molar-refractivity contribution is 5.76. The Morgan fingerprint density at radius 2 is 2.14 bits per heavy atom. The van der Waals surface area contributed by atoms with Crippen molar-refractivity contribution in [3.63, 3.8) is 0 Å². The van der Waals surface area contributed by atoms with Crippen molar-refractivity contribution < 1.29 is 14.3 Å². The molecule has 1 aliphatic rings. The van der Waals surface area contributed by atoms with Gasteiger partial charge in [-0.2, -0.15) is 0 Å². The van der Waals surface area contributed by atoms with Crippen molar-refractivity contribution in [2.24, 2.45) is 0 Å². The third-order valence-corrected chi connectivity index (χ3v) is 3.54. The van der Waals surface area contributed by atoms with Crippen LogP contribution in [0.25, 0.3) is 0 Å². The highest BCUT2D eigenvalue weighted by atomic mass is 19.1. The lowest BCUT2D eigenvalue weighted by Gasteiger charge is -2.20. The summed E-state index contributed by atoms with van der Waals surface area (Å²) in [6.45, 7) is 1.24. The van der Waals surface area contributed by atoms with Crippen molar-refractivity contribution in [2.45, 2.75) is 38.6 Å². The summed E-state index contributed by atoms with van der Waals surface area (Å²) in [4.78, 5) is 13.8. The second-order valence-electron chi connectivity index (χ2n) is 5.22. The van der Waals surface area contributed by atoms with E-state index in [1.807, 2.05) is 4.90 Å². The van der Waals surface area contributed by atoms with Crippen LogP contribution in [-0.4, -0.2) is 29.1 Å². The number of rotatable bonds is 3. The van der Waals surface area contributed by atoms with Crippen molar-refractivity contribution in [3.05, 3.63) is 35.1 Å². The molecule has 1 aromatic rings. The molecule has 0 radical (unpaired) electrons. The van der Waals surface area contributed by atoms with Crippen LogP contribution < -0.4 is 0 Å². The molecule has 0 unspecified atom stereocenters. The monoisotopic (exact) mass is 289 g/mol. The van der Waals surface area contributed by atoms with Crippen LogP contribution in [0.5, 0.6) is 0 Å². The van der Waals surface area contributed by atoms with E-state index < -0.39 is 0 Å². The van der Waals surface area contributed by atoms with Gasteiger partial charge in [-0.15, -0.1) is 0 Å². The third kappa shape index (κ3) is 4.57. The Bertz CT molecular complexity index is 560. The van der Waals surface area contributed by atoms with Gasteiger partial charge in [0.2, 0.25) is 5.91 Å². The molecular formula is C17H20FNO2. The molecule has 1 amide bonds. The zero-order chi connectivity index (χ0) is 15.1. The zero-order valence-electron chi connectivity index (χ0n) is 12.1. The minimum Gasteiger partial charge on any atom is -0.395 e. The molecule has 0 aromatic heterocycles. The second kappa shape index (κ2) is 7.80. The maximum atomic E-state index is 13.7. The Morgan fingerprint density at radius 1 is 1.29 bits per heavy atom. The van der Waals surface area contributed by atoms with Crippen LogP contribution in [0.3, 0.4) is 0 Å². The van der Waals surface area contributed by atoms with E-state index in [-0.39, 0.29) is 18.3 Å². The van der Waals surface area contributed by atoms with E-state index in [4.69, 9.17) is 5.11 Å². The molecule has 1 aliphatic heterocycles. The number of carbonyl (C=O) groups excluding carboxylic acids is 1. The lowest BCUT2D eigenvalue weighted by atomic mass is 10.1. The van der Waals surface area contributed by atoms with Crippen LogP contribution in [-0.2, 0) is 11.3 Å². The molecule has 1 fully saturated rings. The summed E-state index contributed by atoms with van der Waals surface area (Å²) in [5.74, 6) is 5.25. The molecule has 1 heterocycles. The number of benzene rings is 1. The molecule has 21 heavy (non-hydrogen) atoms. The van der Waals surface area contributed by atoms with Gasteiger partial charge in [0.05, 0.1) is 12.2 Å². The summed E-state index contributed by atoms with van der Waals surface area (Å²) in [6.07, 6.45) is 3.99. The number of likely N-dealkylation sites (tertiary alicyclic amines) is 1. The summed E-state index contributed by atoms with van der Waals surface area (Å²) < 4.78 is 13.7. The van der Waals surface area contributed by atoms with E-state index in [1.165, 1.54) is 6.07 Å². The smallest absolute Gasteiger partial charge is 0.222 e. The first-order valence-corrected chi connectivity index (χ1v) is 7.36. The van der Waals surface area contributed by atoms with Gasteiger partial charge in [0.25, 0.3) is 0 Å². The largest absolute Gasteiger partial charge is 0.395 e. The Morgan fingerprint density at radius 3 is 2.95 bits per heavy atom. The Labute approximate surface area is 124 Å². The number of aliphatic hydroxyl groups excluding tert-OH is 1. The quantitative estimate of drug-likeness (QED) is 0.868. The molecule has 1 aromatic carbocycles. The van der Waals surface area contributed by atoms with Crippen LogP contribution >= 0.6 is 0 Å². The first-order valence-electron chi connectivity index (χ1n) is 7.36. The van der Waals surface area contributed by atoms with Crippen molar-refractivity contribution in [1.29, 1.82) is 0 Å². The Hall–Kier alpha value is -1.86. The van der Waals surface area contributed by atoms with E-state index in [0.29, 0.717) is 24.9 Å². The fourth-order valence-corrected chi connectivity index (χ4v) is 2.41. The molecule has 1 saturated heterocycles. The van der Waals surface area contributed by atoms with Crippen LogP contribution in [0.15, 0.2) is 18.2 Å². The minimum atomic E-state index is -0.369. The zero-order valence-corrected chi connectivity index (χ0v) is 12.1. The van der Waals surface area contributed by atoms with E-state index in [9.17, 15) is 9.18 Å². The number of aliphatic hydroxyl groups is 1. The standard InChI is InChI=1S/C17H20FNO2/c18-16-9-8-14(12-15(16)6-3-5-11-20)13-19-10-4-1-2-7-17(19)21/h8-9,12,20H,1-2,4-5,7,10-11,13H2. The topological polar surface area (TPSA) is 40.5 Å². The fraction of sp³-hybridized carbons (Fsp3) is 0.471. The maximum absolute atomic E-state index is 13.7. The van der Waals surface area contributed by atoms with Crippen LogP contribution in [0, 0.1) is 17.7 Å². The van der Waals surface area contributed by atoms with Gasteiger partial charge in [-0.05, 0) is 30.5 Å². The van der Waals surface area contributed by atoms with Crippen LogP contribution in [0.1, 0.15) is 43.2 Å². The van der Waals surface area contributed by atoms with Gasteiger partial charge in [-0.25, -0.2) is 4.39 Å². The van der Waals surface area contributed by atoms with E-state index in [2.05, 4.69) is 11.8 Å². The predicted octanol–water partition coefficient (Wildman–Crippen LogP) is 2.46. The first-order chi connectivity index (χ1) is 10.2. The number of amides is 1. The lowest BCUT2D eigenvalue weighted by Crippen LogP contribution is -2.29. The number of hydrogen-bond acceptors (Lipinski definition) is 2. The van der Waals surface area contributed by atoms with Gasteiger partial charge in [-0.1, -0.05) is 24.3 Å². The van der Waals surface area contributed by atoms with Gasteiger partial charge in [0, 0.05) is 25.9 Å². The number of carbonyl (C=O) groups is 1. The summed E-state index contributed by atoms with van der Waals surface area (Å²) >= 11 is 0. The normalized spacial score (nSPS) is 15.3. The minimum absolute atomic E-state index is 0.0312. The fourth-order valence-electron chi connectivity index (χ4n) is 2.41. The van der Waals surface area contributed by atoms with Crippen LogP contribution in [0.2, 0.25) is 0 Å². The van der Waals surface area contributed by atoms with Crippen molar-refractivity contribution in [1.82, 2.24) is 4.90 Å². The number of nitrogens with zero attached hydrogens (tertiary/aromatic N) is 1. The Kier molecular flexibility index (Phi) is 5.77. The van der Waals surface area contributed by atoms with E-state index in [0.717, 1.165) is 31.4 Å². The van der Waals surface area contributed by atoms with E-state index >= 15 is 0 Å². The molecule has 3 nitrogen and oxygen atoms in total. The molecule has 0 saturated carbocycles. The Balaban J connectivity index is 2.11. The molecule has 4 heteroatoms. The molecule has 2 rings (SSSR count). The SMILES string of the molecule is O=C1CCCCCN1Cc1ccc(F)c(C#CCCO)c1. The van der Waals surface area contributed by atoms with Gasteiger partial charge < -0.3 is 10.0 Å². The highest BCUT2D eigenvalue weighted by Crippen LogP contribution is 2.16. The summed E-state index contributed by atoms with van der Waals surface area (Å²) in [6, 6.07) is 4.78. The van der Waals surface area contributed by atoms with Crippen LogP contribution in [0.4, 0.5) is 4.39 Å². The highest BCUT2D eigenvalue weighted by Gasteiger charge is 2.16. The van der Waals surface area contributed by atoms with Crippen molar-refractivity contribution in [3.8, 4) is 11.8 Å². The maximum Gasteiger partial charge on any atom is 0.222 e. The first kappa shape index (κ1) is 15.5. The van der Waals surface area contributed by atoms with Gasteiger partial charge in [-0.3, -0.25) is 4.79 Å². The molecule has 0 atom stereocenters. The lowest BCUT2D eigenvalue weighted by molar-refractivity contribution is -0.131. The molecule has 0 aliphatic carbocycles. The average Bonchev–Trinajstić information content (AvgIpc) is 2.68. The summed E-state index contributed by atoms with van der Waals surface area (Å²) in [5, 5.41) is 8.70. The van der Waals surface area contributed by atoms with Crippen molar-refractivity contribution in [2.75, 3.05) is 13.2 Å². The summed E-state index contributed by atoms with van der Waals surface area (Å²) in [5.41, 5.74) is 1.21. The molecule has 1 N–H and O–H groups in total. The number of hydrogen-bond donors (Lipinski definition) is 1. The van der Waals surface area contributed by atoms with Gasteiger partial charge in [0.1, 0.15) is 5.82 Å². The average molecular weight is 289 g/mol. The number of halogens is 1. The molecule has 0 spiro atoms.